The number of carbonyl (C=O) groups is 1. The van der Waals surface area contributed by atoms with Gasteiger partial charge in [-0.05, 0) is 19.1 Å². The number of aryl methyl sites for hydroxylation is 1. The Kier molecular flexibility index (Phi) is 7.30. The molecule has 0 aliphatic carbocycles. The Bertz CT molecular complexity index is 549. The minimum absolute atomic E-state index is 0.202. The highest BCUT2D eigenvalue weighted by Gasteiger charge is 2.11. The molecule has 1 aromatic carbocycles. The third-order valence-electron chi connectivity index (χ3n) is 1.95. The van der Waals surface area contributed by atoms with Crippen molar-refractivity contribution in [3.63, 3.8) is 0 Å². The van der Waals surface area contributed by atoms with E-state index < -0.39 is 10.4 Å². The highest BCUT2D eigenvalue weighted by molar-refractivity contribution is 7.80. The predicted octanol–water partition coefficient (Wildman–Crippen LogP) is 0.831. The highest BCUT2D eigenvalue weighted by Crippen LogP contribution is 2.08. The van der Waals surface area contributed by atoms with Crippen molar-refractivity contribution >= 4 is 22.1 Å². The molecular formula is C12H21N3O5S. The number of nitrogens with one attached hydrogen (secondary N) is 2. The summed E-state index contributed by atoms with van der Waals surface area (Å²) in [5.74, 6) is 0. The topological polar surface area (TPSA) is 108 Å². The number of amides is 2. The third kappa shape index (κ3) is 11.8. The van der Waals surface area contributed by atoms with Crippen molar-refractivity contribution in [3.05, 3.63) is 29.8 Å². The largest absolute Gasteiger partial charge is 0.726 e. The zero-order chi connectivity index (χ0) is 16.7. The van der Waals surface area contributed by atoms with E-state index in [2.05, 4.69) is 14.9 Å². The zero-order valence-electron chi connectivity index (χ0n) is 12.7. The van der Waals surface area contributed by atoms with Crippen molar-refractivity contribution in [2.24, 2.45) is 0 Å². The summed E-state index contributed by atoms with van der Waals surface area (Å²) in [4.78, 5) is 11.5. The Balaban J connectivity index is 0.000000567. The first kappa shape index (κ1) is 19.3. The van der Waals surface area contributed by atoms with Gasteiger partial charge in [0.1, 0.15) is 0 Å². The first-order chi connectivity index (χ1) is 9.43. The molecule has 0 saturated heterocycles. The Morgan fingerprint density at radius 2 is 1.62 bits per heavy atom. The molecule has 0 atom stereocenters. The number of anilines is 1. The lowest BCUT2D eigenvalue weighted by atomic mass is 10.2. The Hall–Kier alpha value is -1.68. The molecule has 0 radical (unpaired) electrons. The maximum atomic E-state index is 11.5. The Morgan fingerprint density at radius 1 is 1.19 bits per heavy atom. The lowest BCUT2D eigenvalue weighted by molar-refractivity contribution is -0.905. The molecule has 1 rings (SSSR count). The molecular weight excluding hydrogens is 298 g/mol. The quantitative estimate of drug-likeness (QED) is 0.371. The average molecular weight is 319 g/mol. The molecule has 0 fully saturated rings. The molecule has 0 aliphatic heterocycles. The van der Waals surface area contributed by atoms with Crippen molar-refractivity contribution < 1.29 is 26.5 Å². The van der Waals surface area contributed by atoms with Crippen molar-refractivity contribution in [3.8, 4) is 0 Å². The summed E-state index contributed by atoms with van der Waals surface area (Å²) in [5, 5.41) is 2.76. The van der Waals surface area contributed by atoms with Gasteiger partial charge in [0.25, 0.3) is 0 Å². The standard InChI is InChI=1S/C11H17N3O.CH4O4S/c1-9-5-7-10(8-6-9)12-11(15)13-14(2,3)4;1-5-6(2,3)4/h5-8H,1-4H3,(H-,12,13,15);1H3,(H,2,3,4). The van der Waals surface area contributed by atoms with Crippen LogP contribution in [0.1, 0.15) is 5.56 Å². The lowest BCUT2D eigenvalue weighted by Gasteiger charge is -2.23. The van der Waals surface area contributed by atoms with Gasteiger partial charge >= 0.3 is 6.03 Å². The molecule has 8 nitrogen and oxygen atoms in total. The van der Waals surface area contributed by atoms with Crippen LogP contribution in [0.25, 0.3) is 0 Å². The summed E-state index contributed by atoms with van der Waals surface area (Å²) >= 11 is 0. The molecule has 0 spiro atoms. The van der Waals surface area contributed by atoms with Crippen LogP contribution in [0.15, 0.2) is 24.3 Å². The number of rotatable bonds is 3. The van der Waals surface area contributed by atoms with Crippen LogP contribution < -0.4 is 10.7 Å². The SMILES string of the molecule is COS(=O)(=O)[O-].Cc1ccc(NC(=O)N[N+](C)(C)C)cc1. The minimum atomic E-state index is -4.41. The van der Waals surface area contributed by atoms with Gasteiger partial charge in [-0.3, -0.25) is 4.18 Å². The normalized spacial score (nSPS) is 11.1. The van der Waals surface area contributed by atoms with Crippen LogP contribution in [0, 0.1) is 6.92 Å². The summed E-state index contributed by atoms with van der Waals surface area (Å²) in [5.41, 5.74) is 4.74. The maximum absolute atomic E-state index is 11.5. The van der Waals surface area contributed by atoms with Crippen LogP contribution in [0.3, 0.4) is 0 Å². The van der Waals surface area contributed by atoms with Crippen LogP contribution in [0.2, 0.25) is 0 Å². The van der Waals surface area contributed by atoms with Crippen LogP contribution in [-0.2, 0) is 14.6 Å². The molecule has 0 aromatic heterocycles. The minimum Gasteiger partial charge on any atom is -0.726 e. The van der Waals surface area contributed by atoms with Crippen molar-refractivity contribution in [2.75, 3.05) is 33.6 Å². The molecule has 21 heavy (non-hydrogen) atoms. The van der Waals surface area contributed by atoms with Gasteiger partial charge in [-0.1, -0.05) is 17.7 Å². The molecule has 0 bridgehead atoms. The van der Waals surface area contributed by atoms with Gasteiger partial charge in [0.15, 0.2) is 0 Å². The highest BCUT2D eigenvalue weighted by atomic mass is 32.3. The van der Waals surface area contributed by atoms with Gasteiger partial charge in [0, 0.05) is 5.69 Å². The van der Waals surface area contributed by atoms with E-state index in [4.69, 9.17) is 0 Å². The summed E-state index contributed by atoms with van der Waals surface area (Å²) in [6.45, 7) is 2.01. The van der Waals surface area contributed by atoms with Crippen molar-refractivity contribution in [2.45, 2.75) is 6.92 Å². The van der Waals surface area contributed by atoms with Crippen molar-refractivity contribution in [1.29, 1.82) is 0 Å². The summed E-state index contributed by atoms with van der Waals surface area (Å²) in [6.07, 6.45) is 0. The monoisotopic (exact) mass is 319 g/mol. The number of quaternary nitrogens is 1. The average Bonchev–Trinajstić information content (AvgIpc) is 2.29. The zero-order valence-corrected chi connectivity index (χ0v) is 13.5. The van der Waals surface area contributed by atoms with Crippen LogP contribution in [0.5, 0.6) is 0 Å². The number of nitrogens with zero attached hydrogens (tertiary/aromatic N) is 1. The van der Waals surface area contributed by atoms with Gasteiger partial charge in [-0.15, -0.1) is 0 Å². The van der Waals surface area contributed by atoms with Crippen LogP contribution >= 0.6 is 0 Å². The second-order valence-corrected chi connectivity index (χ2v) is 6.17. The summed E-state index contributed by atoms with van der Waals surface area (Å²) in [7, 11) is 2.05. The van der Waals surface area contributed by atoms with Crippen LogP contribution in [0.4, 0.5) is 10.5 Å². The number of hydrogen-bond acceptors (Lipinski definition) is 5. The van der Waals surface area contributed by atoms with E-state index in [1.807, 2.05) is 52.3 Å². The molecule has 0 aliphatic rings. The first-order valence-electron chi connectivity index (χ1n) is 5.92. The molecule has 0 heterocycles. The number of hydrogen-bond donors (Lipinski definition) is 2. The van der Waals surface area contributed by atoms with Gasteiger partial charge in [-0.2, -0.15) is 5.43 Å². The maximum Gasteiger partial charge on any atom is 0.363 e. The second kappa shape index (κ2) is 7.93. The van der Waals surface area contributed by atoms with Gasteiger partial charge in [0.05, 0.1) is 28.3 Å². The van der Waals surface area contributed by atoms with Gasteiger partial charge in [-0.25, -0.2) is 17.8 Å². The van der Waals surface area contributed by atoms with Crippen molar-refractivity contribution in [1.82, 2.24) is 5.43 Å². The van der Waals surface area contributed by atoms with E-state index >= 15 is 0 Å². The van der Waals surface area contributed by atoms with Gasteiger partial charge < -0.3 is 9.87 Å². The fourth-order valence-electron chi connectivity index (χ4n) is 1.10. The third-order valence-corrected chi connectivity index (χ3v) is 2.36. The fraction of sp³-hybridized carbons (Fsp3) is 0.417. The van der Waals surface area contributed by atoms with Crippen LogP contribution in [-0.4, -0.2) is 51.8 Å². The van der Waals surface area contributed by atoms with E-state index in [-0.39, 0.29) is 6.03 Å². The summed E-state index contributed by atoms with van der Waals surface area (Å²) in [6, 6.07) is 7.48. The van der Waals surface area contributed by atoms with E-state index in [0.717, 1.165) is 12.8 Å². The fourth-order valence-corrected chi connectivity index (χ4v) is 1.10. The molecule has 1 aromatic rings. The number of carbonyl (C=O) groups excluding carboxylic acids is 1. The smallest absolute Gasteiger partial charge is 0.363 e. The predicted molar refractivity (Wildman–Crippen MR) is 78.1 cm³/mol. The molecule has 0 unspecified atom stereocenters. The van der Waals surface area contributed by atoms with E-state index in [0.29, 0.717) is 4.59 Å². The molecule has 0 saturated carbocycles. The van der Waals surface area contributed by atoms with E-state index in [9.17, 15) is 17.8 Å². The summed E-state index contributed by atoms with van der Waals surface area (Å²) < 4.78 is 31.4. The first-order valence-corrected chi connectivity index (χ1v) is 7.25. The molecule has 120 valence electrons. The molecule has 2 N–H and O–H groups in total. The molecule has 2 amide bonds. The second-order valence-electron chi connectivity index (χ2n) is 5.02. The van der Waals surface area contributed by atoms with E-state index in [1.165, 1.54) is 5.56 Å². The molecule has 9 heteroatoms. The Morgan fingerprint density at radius 3 is 1.95 bits per heavy atom. The Labute approximate surface area is 125 Å². The van der Waals surface area contributed by atoms with Gasteiger partial charge in [0.2, 0.25) is 10.4 Å². The van der Waals surface area contributed by atoms with E-state index in [1.54, 1.807) is 0 Å². The lowest BCUT2D eigenvalue weighted by Crippen LogP contribution is -2.52. The number of urea groups is 1. The number of benzene rings is 1.